The molecule has 0 saturated heterocycles. The number of alkyl carbamates (subject to hydrolysis) is 1. The molecular weight excluding hydrogens is 236 g/mol. The number of ether oxygens (including phenoxy) is 1. The normalized spacial score (nSPS) is 10.7. The lowest BCUT2D eigenvalue weighted by atomic mass is 10.2. The maximum Gasteiger partial charge on any atom is 0.407 e. The van der Waals surface area contributed by atoms with Crippen LogP contribution in [-0.2, 0) is 4.74 Å². The van der Waals surface area contributed by atoms with E-state index in [2.05, 4.69) is 21.5 Å². The maximum absolute atomic E-state index is 11.3. The predicted octanol–water partition coefficient (Wildman–Crippen LogP) is 0.725. The second kappa shape index (κ2) is 8.57. The number of amides is 3. The second-order valence-corrected chi connectivity index (χ2v) is 4.77. The first-order valence-electron chi connectivity index (χ1n) is 6.02. The molecule has 0 heterocycles. The van der Waals surface area contributed by atoms with Crippen molar-refractivity contribution >= 4 is 12.1 Å². The van der Waals surface area contributed by atoms with Crippen molar-refractivity contribution in [3.05, 3.63) is 0 Å². The van der Waals surface area contributed by atoms with Gasteiger partial charge in [0.1, 0.15) is 5.60 Å². The zero-order valence-electron chi connectivity index (χ0n) is 11.6. The van der Waals surface area contributed by atoms with Crippen LogP contribution in [0.25, 0.3) is 0 Å². The predicted molar refractivity (Wildman–Crippen MR) is 69.1 cm³/mol. The average Bonchev–Trinajstić information content (AvgIpc) is 2.21. The summed E-state index contributed by atoms with van der Waals surface area (Å²) in [5.74, 6) is 0. The summed E-state index contributed by atoms with van der Waals surface area (Å²) in [7, 11) is 1.62. The first-order valence-corrected chi connectivity index (χ1v) is 6.02. The first kappa shape index (κ1) is 16.5. The van der Waals surface area contributed by atoms with Crippen LogP contribution in [0.15, 0.2) is 0 Å². The molecule has 0 aliphatic carbocycles. The highest BCUT2D eigenvalue weighted by Gasteiger charge is 2.15. The maximum atomic E-state index is 11.3. The van der Waals surface area contributed by atoms with Crippen molar-refractivity contribution in [1.29, 1.82) is 0 Å². The fraction of sp³-hybridized carbons (Fsp3) is 0.818. The van der Waals surface area contributed by atoms with Crippen molar-refractivity contribution in [3.63, 3.8) is 0 Å². The third-order valence-electron chi connectivity index (χ3n) is 1.80. The smallest absolute Gasteiger partial charge is 0.407 e. The van der Waals surface area contributed by atoms with Gasteiger partial charge in [-0.3, -0.25) is 5.43 Å². The van der Waals surface area contributed by atoms with E-state index in [0.29, 0.717) is 13.1 Å². The molecule has 0 saturated carbocycles. The number of unbranched alkanes of at least 4 members (excludes halogenated alkanes) is 1. The molecule has 7 heteroatoms. The highest BCUT2D eigenvalue weighted by molar-refractivity contribution is 5.73. The van der Waals surface area contributed by atoms with E-state index in [-0.39, 0.29) is 6.03 Å². The summed E-state index contributed by atoms with van der Waals surface area (Å²) in [6.07, 6.45) is 1.15. The van der Waals surface area contributed by atoms with Crippen molar-refractivity contribution in [2.45, 2.75) is 39.2 Å². The Morgan fingerprint density at radius 3 is 2.11 bits per heavy atom. The first-order chi connectivity index (χ1) is 8.35. The molecule has 7 nitrogen and oxygen atoms in total. The van der Waals surface area contributed by atoms with Crippen LogP contribution in [0.1, 0.15) is 33.6 Å². The second-order valence-electron chi connectivity index (χ2n) is 4.77. The van der Waals surface area contributed by atoms with E-state index in [1.54, 1.807) is 7.05 Å². The van der Waals surface area contributed by atoms with Gasteiger partial charge in [-0.25, -0.2) is 15.0 Å². The molecule has 0 bridgehead atoms. The molecule has 0 aromatic carbocycles. The Morgan fingerprint density at radius 1 is 1.06 bits per heavy atom. The average molecular weight is 260 g/mol. The van der Waals surface area contributed by atoms with Crippen molar-refractivity contribution in [3.8, 4) is 0 Å². The van der Waals surface area contributed by atoms with Crippen molar-refractivity contribution in [2.24, 2.45) is 0 Å². The summed E-state index contributed by atoms with van der Waals surface area (Å²) >= 11 is 0. The zero-order valence-corrected chi connectivity index (χ0v) is 11.6. The number of nitrogens with one attached hydrogen (secondary N) is 4. The molecule has 0 aromatic heterocycles. The Balaban J connectivity index is 3.41. The lowest BCUT2D eigenvalue weighted by molar-refractivity contribution is 0.0527. The summed E-state index contributed by atoms with van der Waals surface area (Å²) in [5, 5.41) is 5.30. The summed E-state index contributed by atoms with van der Waals surface area (Å²) in [6, 6.07) is -0.266. The lowest BCUT2D eigenvalue weighted by Crippen LogP contribution is -2.42. The van der Waals surface area contributed by atoms with E-state index < -0.39 is 11.7 Å². The minimum Gasteiger partial charge on any atom is -0.444 e. The molecule has 0 radical (unpaired) electrons. The summed E-state index contributed by atoms with van der Waals surface area (Å²) in [5.41, 5.74) is 4.44. The Labute approximate surface area is 108 Å². The molecule has 0 aliphatic rings. The van der Waals surface area contributed by atoms with Gasteiger partial charge in [-0.15, -0.1) is 0 Å². The summed E-state index contributed by atoms with van der Waals surface area (Å²) < 4.78 is 5.08. The molecule has 0 unspecified atom stereocenters. The van der Waals surface area contributed by atoms with Crippen molar-refractivity contribution in [2.75, 3.05) is 20.1 Å². The summed E-state index contributed by atoms with van der Waals surface area (Å²) in [4.78, 5) is 22.2. The van der Waals surface area contributed by atoms with E-state index in [0.717, 1.165) is 12.8 Å². The molecule has 0 spiro atoms. The van der Waals surface area contributed by atoms with Crippen LogP contribution in [0, 0.1) is 0 Å². The fourth-order valence-corrected chi connectivity index (χ4v) is 1.11. The van der Waals surface area contributed by atoms with Crippen LogP contribution in [0.2, 0.25) is 0 Å². The van der Waals surface area contributed by atoms with Crippen LogP contribution in [-0.4, -0.2) is 37.9 Å². The Hall–Kier alpha value is -1.50. The van der Waals surface area contributed by atoms with Crippen LogP contribution in [0.4, 0.5) is 9.59 Å². The van der Waals surface area contributed by atoms with E-state index >= 15 is 0 Å². The quantitative estimate of drug-likeness (QED) is 0.418. The molecule has 3 amide bonds. The van der Waals surface area contributed by atoms with Gasteiger partial charge >= 0.3 is 12.1 Å². The fourth-order valence-electron chi connectivity index (χ4n) is 1.11. The number of hydrogen-bond donors (Lipinski definition) is 4. The topological polar surface area (TPSA) is 91.5 Å². The SMILES string of the molecule is CNNC(=O)NCCCCNC(=O)OC(C)(C)C. The number of hydrogen-bond acceptors (Lipinski definition) is 4. The lowest BCUT2D eigenvalue weighted by Gasteiger charge is -2.19. The monoisotopic (exact) mass is 260 g/mol. The Bertz CT molecular complexity index is 264. The molecule has 0 rings (SSSR count). The third kappa shape index (κ3) is 11.0. The van der Waals surface area contributed by atoms with Crippen LogP contribution >= 0.6 is 0 Å². The van der Waals surface area contributed by atoms with Crippen LogP contribution < -0.4 is 21.5 Å². The highest BCUT2D eigenvalue weighted by atomic mass is 16.6. The van der Waals surface area contributed by atoms with Crippen molar-refractivity contribution < 1.29 is 14.3 Å². The number of carbonyl (C=O) groups excluding carboxylic acids is 2. The van der Waals surface area contributed by atoms with Gasteiger partial charge in [0.15, 0.2) is 0 Å². The largest absolute Gasteiger partial charge is 0.444 e. The number of carbonyl (C=O) groups is 2. The minimum atomic E-state index is -0.475. The molecular formula is C11H24N4O3. The molecule has 0 atom stereocenters. The van der Waals surface area contributed by atoms with Crippen LogP contribution in [0.3, 0.4) is 0 Å². The van der Waals surface area contributed by atoms with E-state index in [4.69, 9.17) is 4.74 Å². The standard InChI is InChI=1S/C11H24N4O3/c1-11(2,3)18-10(17)14-8-6-5-7-13-9(16)15-12-4/h12H,5-8H2,1-4H3,(H,14,17)(H2,13,15,16). The van der Waals surface area contributed by atoms with Gasteiger partial charge in [-0.05, 0) is 33.6 Å². The van der Waals surface area contributed by atoms with Gasteiger partial charge < -0.3 is 15.4 Å². The molecule has 18 heavy (non-hydrogen) atoms. The Morgan fingerprint density at radius 2 is 1.61 bits per heavy atom. The highest BCUT2D eigenvalue weighted by Crippen LogP contribution is 2.06. The van der Waals surface area contributed by atoms with E-state index in [9.17, 15) is 9.59 Å². The number of urea groups is 1. The van der Waals surface area contributed by atoms with E-state index in [1.807, 2.05) is 20.8 Å². The van der Waals surface area contributed by atoms with Gasteiger partial charge in [0.25, 0.3) is 0 Å². The van der Waals surface area contributed by atoms with Gasteiger partial charge in [-0.1, -0.05) is 0 Å². The number of hydrazine groups is 1. The Kier molecular flexibility index (Phi) is 7.86. The molecule has 0 aliphatic heterocycles. The molecule has 0 aromatic rings. The van der Waals surface area contributed by atoms with Crippen molar-refractivity contribution in [1.82, 2.24) is 21.5 Å². The zero-order chi connectivity index (χ0) is 14.0. The van der Waals surface area contributed by atoms with Gasteiger partial charge in [0, 0.05) is 20.1 Å². The molecule has 0 fully saturated rings. The molecule has 4 N–H and O–H groups in total. The van der Waals surface area contributed by atoms with Crippen LogP contribution in [0.5, 0.6) is 0 Å². The van der Waals surface area contributed by atoms with Gasteiger partial charge in [-0.2, -0.15) is 0 Å². The molecule has 106 valence electrons. The summed E-state index contributed by atoms with van der Waals surface area (Å²) in [6.45, 7) is 6.54. The third-order valence-corrected chi connectivity index (χ3v) is 1.80. The number of rotatable bonds is 6. The van der Waals surface area contributed by atoms with Gasteiger partial charge in [0.2, 0.25) is 0 Å². The van der Waals surface area contributed by atoms with E-state index in [1.165, 1.54) is 0 Å². The minimum absolute atomic E-state index is 0.266. The van der Waals surface area contributed by atoms with Gasteiger partial charge in [0.05, 0.1) is 0 Å².